The van der Waals surface area contributed by atoms with Crippen molar-refractivity contribution in [3.8, 4) is 0 Å². The minimum atomic E-state index is 0.138. The molecule has 0 fully saturated rings. The molecule has 1 aromatic rings. The highest BCUT2D eigenvalue weighted by Crippen LogP contribution is 2.25. The van der Waals surface area contributed by atoms with Gasteiger partial charge < -0.3 is 5.32 Å². The largest absolute Gasteiger partial charge is 0.308 e. The second-order valence-electron chi connectivity index (χ2n) is 4.93. The van der Waals surface area contributed by atoms with Crippen molar-refractivity contribution in [3.63, 3.8) is 0 Å². The zero-order valence-corrected chi connectivity index (χ0v) is 13.0. The molecular formula is C13H19BrN2S. The van der Waals surface area contributed by atoms with Crippen LogP contribution in [0.2, 0.25) is 0 Å². The van der Waals surface area contributed by atoms with Crippen LogP contribution in [0.4, 0.5) is 0 Å². The number of nitrogens with zero attached hydrogens (tertiary/aromatic N) is 1. The van der Waals surface area contributed by atoms with Gasteiger partial charge in [0, 0.05) is 28.5 Å². The molecule has 0 radical (unpaired) electrons. The van der Waals surface area contributed by atoms with E-state index in [4.69, 9.17) is 0 Å². The number of halogens is 1. The molecule has 0 aliphatic rings. The molecule has 17 heavy (non-hydrogen) atoms. The molecule has 0 bridgehead atoms. The SMILES string of the molecule is C=C(CNC(C)(C)C)CSc1ncccc1Br. The van der Waals surface area contributed by atoms with Crippen molar-refractivity contribution in [1.82, 2.24) is 10.3 Å². The molecule has 0 aliphatic carbocycles. The average molecular weight is 315 g/mol. The summed E-state index contributed by atoms with van der Waals surface area (Å²) in [4.78, 5) is 4.31. The number of aromatic nitrogens is 1. The summed E-state index contributed by atoms with van der Waals surface area (Å²) in [6.45, 7) is 11.4. The van der Waals surface area contributed by atoms with Gasteiger partial charge in [-0.3, -0.25) is 0 Å². The molecule has 94 valence electrons. The average Bonchev–Trinajstić information content (AvgIpc) is 2.24. The van der Waals surface area contributed by atoms with E-state index in [0.717, 1.165) is 21.8 Å². The van der Waals surface area contributed by atoms with Crippen LogP contribution in [0.1, 0.15) is 20.8 Å². The third kappa shape index (κ3) is 6.24. The van der Waals surface area contributed by atoms with E-state index >= 15 is 0 Å². The monoisotopic (exact) mass is 314 g/mol. The fourth-order valence-electron chi connectivity index (χ4n) is 1.09. The number of rotatable bonds is 5. The van der Waals surface area contributed by atoms with Crippen molar-refractivity contribution in [2.24, 2.45) is 0 Å². The Morgan fingerprint density at radius 2 is 2.24 bits per heavy atom. The van der Waals surface area contributed by atoms with Crippen molar-refractivity contribution < 1.29 is 0 Å². The van der Waals surface area contributed by atoms with Gasteiger partial charge >= 0.3 is 0 Å². The van der Waals surface area contributed by atoms with E-state index in [-0.39, 0.29) is 5.54 Å². The highest BCUT2D eigenvalue weighted by atomic mass is 79.9. The lowest BCUT2D eigenvalue weighted by Gasteiger charge is -2.21. The number of thioether (sulfide) groups is 1. The van der Waals surface area contributed by atoms with Gasteiger partial charge in [-0.2, -0.15) is 0 Å². The Kier molecular flexibility index (Phi) is 5.70. The summed E-state index contributed by atoms with van der Waals surface area (Å²) < 4.78 is 1.04. The molecule has 4 heteroatoms. The van der Waals surface area contributed by atoms with E-state index in [9.17, 15) is 0 Å². The second-order valence-corrected chi connectivity index (χ2v) is 6.75. The van der Waals surface area contributed by atoms with Crippen LogP contribution >= 0.6 is 27.7 Å². The van der Waals surface area contributed by atoms with E-state index < -0.39 is 0 Å². The van der Waals surface area contributed by atoms with Gasteiger partial charge in [0.05, 0.1) is 0 Å². The van der Waals surface area contributed by atoms with Crippen LogP contribution in [-0.4, -0.2) is 22.8 Å². The summed E-state index contributed by atoms with van der Waals surface area (Å²) in [5.41, 5.74) is 1.32. The predicted octanol–water partition coefficient (Wildman–Crippen LogP) is 3.88. The zero-order chi connectivity index (χ0) is 12.9. The van der Waals surface area contributed by atoms with Crippen LogP contribution in [0, 0.1) is 0 Å². The van der Waals surface area contributed by atoms with Crippen LogP contribution in [-0.2, 0) is 0 Å². The maximum atomic E-state index is 4.31. The van der Waals surface area contributed by atoms with E-state index in [1.54, 1.807) is 11.8 Å². The normalized spacial score (nSPS) is 11.5. The Hall–Kier alpha value is -0.320. The maximum absolute atomic E-state index is 4.31. The summed E-state index contributed by atoms with van der Waals surface area (Å²) in [6, 6.07) is 3.93. The molecule has 1 aromatic heterocycles. The number of pyridine rings is 1. The van der Waals surface area contributed by atoms with Gasteiger partial charge in [0.15, 0.2) is 0 Å². The van der Waals surface area contributed by atoms with Crippen molar-refractivity contribution >= 4 is 27.7 Å². The minimum absolute atomic E-state index is 0.138. The Morgan fingerprint density at radius 1 is 1.53 bits per heavy atom. The van der Waals surface area contributed by atoms with Crippen LogP contribution < -0.4 is 5.32 Å². The van der Waals surface area contributed by atoms with E-state index in [1.165, 1.54) is 5.57 Å². The molecule has 0 unspecified atom stereocenters. The zero-order valence-electron chi connectivity index (χ0n) is 10.6. The van der Waals surface area contributed by atoms with Gasteiger partial charge in [-0.05, 0) is 48.8 Å². The number of nitrogens with one attached hydrogen (secondary N) is 1. The highest BCUT2D eigenvalue weighted by molar-refractivity contribution is 9.10. The topological polar surface area (TPSA) is 24.9 Å². The molecule has 0 saturated carbocycles. The third-order valence-corrected chi connectivity index (χ3v) is 4.06. The first kappa shape index (κ1) is 14.7. The van der Waals surface area contributed by atoms with Crippen molar-refractivity contribution in [2.45, 2.75) is 31.3 Å². The summed E-state index contributed by atoms with van der Waals surface area (Å²) >= 11 is 5.20. The Bertz CT molecular complexity index is 385. The number of hydrogen-bond donors (Lipinski definition) is 1. The van der Waals surface area contributed by atoms with Crippen molar-refractivity contribution in [1.29, 1.82) is 0 Å². The van der Waals surface area contributed by atoms with Crippen molar-refractivity contribution in [3.05, 3.63) is 35.0 Å². The molecule has 0 atom stereocenters. The molecule has 0 amide bonds. The van der Waals surface area contributed by atoms with E-state index in [1.807, 2.05) is 18.3 Å². The third-order valence-electron chi connectivity index (χ3n) is 2.01. The Morgan fingerprint density at radius 3 is 2.82 bits per heavy atom. The summed E-state index contributed by atoms with van der Waals surface area (Å²) in [5.74, 6) is 0.888. The lowest BCUT2D eigenvalue weighted by atomic mass is 10.1. The Balaban J connectivity index is 2.36. The summed E-state index contributed by atoms with van der Waals surface area (Å²) in [5, 5.41) is 4.45. The van der Waals surface area contributed by atoms with Crippen LogP contribution in [0.25, 0.3) is 0 Å². The first-order valence-electron chi connectivity index (χ1n) is 5.53. The molecule has 1 heterocycles. The van der Waals surface area contributed by atoms with Gasteiger partial charge in [-0.1, -0.05) is 12.2 Å². The number of hydrogen-bond acceptors (Lipinski definition) is 3. The molecule has 0 aromatic carbocycles. The van der Waals surface area contributed by atoms with Crippen LogP contribution in [0.15, 0.2) is 40.0 Å². The molecule has 1 rings (SSSR count). The quantitative estimate of drug-likeness (QED) is 0.659. The van der Waals surface area contributed by atoms with Crippen LogP contribution in [0.3, 0.4) is 0 Å². The van der Waals surface area contributed by atoms with Crippen LogP contribution in [0.5, 0.6) is 0 Å². The molecule has 0 saturated heterocycles. The van der Waals surface area contributed by atoms with E-state index in [0.29, 0.717) is 0 Å². The summed E-state index contributed by atoms with van der Waals surface area (Å²) in [6.07, 6.45) is 1.81. The molecular weight excluding hydrogens is 296 g/mol. The fourth-order valence-corrected chi connectivity index (χ4v) is 2.47. The fraction of sp³-hybridized carbons (Fsp3) is 0.462. The lowest BCUT2D eigenvalue weighted by Crippen LogP contribution is -2.37. The molecule has 0 spiro atoms. The smallest absolute Gasteiger partial charge is 0.110 e. The van der Waals surface area contributed by atoms with Gasteiger partial charge in [0.2, 0.25) is 0 Å². The Labute approximate surface area is 116 Å². The molecule has 2 nitrogen and oxygen atoms in total. The summed E-state index contributed by atoms with van der Waals surface area (Å²) in [7, 11) is 0. The standard InChI is InChI=1S/C13H19BrN2S/c1-10(8-16-13(2,3)4)9-17-12-11(14)6-5-7-15-12/h5-7,16H,1,8-9H2,2-4H3. The van der Waals surface area contributed by atoms with E-state index in [2.05, 4.69) is 53.6 Å². The molecule has 0 aliphatic heterocycles. The maximum Gasteiger partial charge on any atom is 0.110 e. The van der Waals surface area contributed by atoms with Gasteiger partial charge in [-0.25, -0.2) is 4.98 Å². The highest BCUT2D eigenvalue weighted by Gasteiger charge is 2.09. The van der Waals surface area contributed by atoms with Gasteiger partial charge in [0.1, 0.15) is 5.03 Å². The molecule has 1 N–H and O–H groups in total. The minimum Gasteiger partial charge on any atom is -0.308 e. The predicted molar refractivity (Wildman–Crippen MR) is 79.6 cm³/mol. The van der Waals surface area contributed by atoms with Crippen molar-refractivity contribution in [2.75, 3.05) is 12.3 Å². The van der Waals surface area contributed by atoms with Gasteiger partial charge in [0.25, 0.3) is 0 Å². The van der Waals surface area contributed by atoms with Gasteiger partial charge in [-0.15, -0.1) is 11.8 Å². The second kappa shape index (κ2) is 6.57. The lowest BCUT2D eigenvalue weighted by molar-refractivity contribution is 0.445. The first-order chi connectivity index (χ1) is 7.88. The first-order valence-corrected chi connectivity index (χ1v) is 7.31.